The van der Waals surface area contributed by atoms with Crippen molar-refractivity contribution >= 4 is 11.9 Å². The number of rotatable bonds is 3. The molecule has 0 aromatic heterocycles. The standard InChI is InChI=1S/C12H22N4O2/c1-9-8-12(4-5-15(9)2)10(13)14-11(17)16(12)6-7-18-3/h9H,4-8H2,1-3H3,(H2,13,14,17). The number of nitrogens with zero attached hydrogens (tertiary/aromatic N) is 2. The second-order valence-corrected chi connectivity index (χ2v) is 5.26. The predicted octanol–water partition coefficient (Wildman–Crippen LogP) is 0.488. The third-order valence-corrected chi connectivity index (χ3v) is 4.24. The maximum absolute atomic E-state index is 12.0. The fourth-order valence-corrected chi connectivity index (χ4v) is 2.92. The number of urea groups is 1. The number of amides is 2. The van der Waals surface area contributed by atoms with E-state index < -0.39 is 5.54 Å². The van der Waals surface area contributed by atoms with E-state index >= 15 is 0 Å². The number of likely N-dealkylation sites (tertiary alicyclic amines) is 1. The van der Waals surface area contributed by atoms with E-state index in [4.69, 9.17) is 10.1 Å². The lowest BCUT2D eigenvalue weighted by Crippen LogP contribution is -2.58. The first-order chi connectivity index (χ1) is 8.51. The van der Waals surface area contributed by atoms with E-state index in [0.29, 0.717) is 25.0 Å². The van der Waals surface area contributed by atoms with Crippen LogP contribution in [-0.4, -0.2) is 67.1 Å². The topological polar surface area (TPSA) is 68.7 Å². The van der Waals surface area contributed by atoms with Gasteiger partial charge in [-0.25, -0.2) is 4.79 Å². The summed E-state index contributed by atoms with van der Waals surface area (Å²) < 4.78 is 5.07. The van der Waals surface area contributed by atoms with E-state index in [1.807, 2.05) is 0 Å². The van der Waals surface area contributed by atoms with Crippen molar-refractivity contribution in [3.05, 3.63) is 0 Å². The predicted molar refractivity (Wildman–Crippen MR) is 68.9 cm³/mol. The van der Waals surface area contributed by atoms with Gasteiger partial charge in [0.15, 0.2) is 0 Å². The molecule has 102 valence electrons. The van der Waals surface area contributed by atoms with Crippen LogP contribution in [0.1, 0.15) is 19.8 Å². The third kappa shape index (κ3) is 1.99. The summed E-state index contributed by atoms with van der Waals surface area (Å²) in [6, 6.07) is 0.214. The summed E-state index contributed by atoms with van der Waals surface area (Å²) in [5.74, 6) is 0.351. The van der Waals surface area contributed by atoms with Gasteiger partial charge >= 0.3 is 6.03 Å². The highest BCUT2D eigenvalue weighted by Crippen LogP contribution is 2.35. The van der Waals surface area contributed by atoms with Gasteiger partial charge in [0, 0.05) is 26.2 Å². The molecule has 6 heteroatoms. The van der Waals surface area contributed by atoms with Crippen molar-refractivity contribution in [3.63, 3.8) is 0 Å². The maximum Gasteiger partial charge on any atom is 0.323 e. The average Bonchev–Trinajstić information content (AvgIpc) is 2.54. The number of carbonyl (C=O) groups is 1. The van der Waals surface area contributed by atoms with Crippen LogP contribution in [0.4, 0.5) is 4.79 Å². The number of piperidine rings is 1. The van der Waals surface area contributed by atoms with Gasteiger partial charge in [-0.3, -0.25) is 10.7 Å². The van der Waals surface area contributed by atoms with Gasteiger partial charge in [-0.05, 0) is 26.8 Å². The van der Waals surface area contributed by atoms with Gasteiger partial charge in [-0.15, -0.1) is 0 Å². The molecule has 2 fully saturated rings. The first-order valence-electron chi connectivity index (χ1n) is 6.38. The van der Waals surface area contributed by atoms with Gasteiger partial charge < -0.3 is 14.5 Å². The maximum atomic E-state index is 12.0. The van der Waals surface area contributed by atoms with Gasteiger partial charge in [0.2, 0.25) is 0 Å². The van der Waals surface area contributed by atoms with Crippen molar-refractivity contribution in [2.45, 2.75) is 31.3 Å². The fraction of sp³-hybridized carbons (Fsp3) is 0.833. The molecule has 0 aromatic rings. The second-order valence-electron chi connectivity index (χ2n) is 5.26. The molecule has 0 aromatic carbocycles. The van der Waals surface area contributed by atoms with Crippen molar-refractivity contribution in [3.8, 4) is 0 Å². The monoisotopic (exact) mass is 254 g/mol. The third-order valence-electron chi connectivity index (χ3n) is 4.24. The Balaban J connectivity index is 2.21. The summed E-state index contributed by atoms with van der Waals surface area (Å²) in [7, 11) is 3.72. The summed E-state index contributed by atoms with van der Waals surface area (Å²) in [6.07, 6.45) is 1.62. The molecule has 6 nitrogen and oxygen atoms in total. The Hall–Kier alpha value is -1.14. The Bertz CT molecular complexity index is 360. The molecular formula is C12H22N4O2. The van der Waals surface area contributed by atoms with E-state index in [1.165, 1.54) is 0 Å². The minimum Gasteiger partial charge on any atom is -0.383 e. The van der Waals surface area contributed by atoms with Crippen LogP contribution in [0.3, 0.4) is 0 Å². The first kappa shape index (κ1) is 13.3. The number of hydrogen-bond donors (Lipinski definition) is 2. The Morgan fingerprint density at radius 2 is 2.33 bits per heavy atom. The number of carbonyl (C=O) groups excluding carboxylic acids is 1. The Morgan fingerprint density at radius 3 is 2.94 bits per heavy atom. The van der Waals surface area contributed by atoms with Crippen LogP contribution in [0.25, 0.3) is 0 Å². The molecule has 2 aliphatic heterocycles. The molecule has 0 saturated carbocycles. The molecule has 0 radical (unpaired) electrons. The van der Waals surface area contributed by atoms with Gasteiger partial charge in [-0.1, -0.05) is 0 Å². The molecule has 0 aliphatic carbocycles. The lowest BCUT2D eigenvalue weighted by atomic mass is 9.82. The molecule has 2 rings (SSSR count). The zero-order chi connectivity index (χ0) is 13.3. The minimum atomic E-state index is -0.443. The Labute approximate surface area is 108 Å². The second kappa shape index (κ2) is 4.85. The fourth-order valence-electron chi connectivity index (χ4n) is 2.92. The van der Waals surface area contributed by atoms with Crippen LogP contribution in [0, 0.1) is 5.41 Å². The van der Waals surface area contributed by atoms with Crippen molar-refractivity contribution in [1.82, 2.24) is 15.1 Å². The highest BCUT2D eigenvalue weighted by atomic mass is 16.5. The summed E-state index contributed by atoms with van der Waals surface area (Å²) in [6.45, 7) is 4.10. The lowest BCUT2D eigenvalue weighted by molar-refractivity contribution is 0.0659. The SMILES string of the molecule is COCCN1C(=O)NC(=N)C12CCN(C)C(C)C2. The van der Waals surface area contributed by atoms with Crippen LogP contribution < -0.4 is 5.32 Å². The van der Waals surface area contributed by atoms with Crippen molar-refractivity contribution in [2.24, 2.45) is 0 Å². The smallest absolute Gasteiger partial charge is 0.323 e. The minimum absolute atomic E-state index is 0.159. The number of methoxy groups -OCH3 is 1. The van der Waals surface area contributed by atoms with Crippen LogP contribution in [0.15, 0.2) is 0 Å². The van der Waals surface area contributed by atoms with Gasteiger partial charge in [0.1, 0.15) is 11.4 Å². The zero-order valence-electron chi connectivity index (χ0n) is 11.3. The molecule has 2 unspecified atom stereocenters. The normalized spacial score (nSPS) is 33.3. The summed E-state index contributed by atoms with van der Waals surface area (Å²) in [4.78, 5) is 16.0. The average molecular weight is 254 g/mol. The van der Waals surface area contributed by atoms with Crippen molar-refractivity contribution in [1.29, 1.82) is 5.41 Å². The molecule has 2 atom stereocenters. The quantitative estimate of drug-likeness (QED) is 0.770. The van der Waals surface area contributed by atoms with E-state index in [-0.39, 0.29) is 6.03 Å². The first-order valence-corrected chi connectivity index (χ1v) is 6.38. The molecule has 2 amide bonds. The molecular weight excluding hydrogens is 232 g/mol. The molecule has 18 heavy (non-hydrogen) atoms. The van der Waals surface area contributed by atoms with Crippen molar-refractivity contribution in [2.75, 3.05) is 33.9 Å². The number of nitrogens with one attached hydrogen (secondary N) is 2. The van der Waals surface area contributed by atoms with Crippen molar-refractivity contribution < 1.29 is 9.53 Å². The van der Waals surface area contributed by atoms with Crippen LogP contribution >= 0.6 is 0 Å². The van der Waals surface area contributed by atoms with Crippen LogP contribution in [-0.2, 0) is 4.74 Å². The molecule has 0 bridgehead atoms. The zero-order valence-corrected chi connectivity index (χ0v) is 11.3. The van der Waals surface area contributed by atoms with E-state index in [1.54, 1.807) is 12.0 Å². The van der Waals surface area contributed by atoms with E-state index in [2.05, 4.69) is 24.2 Å². The van der Waals surface area contributed by atoms with E-state index in [0.717, 1.165) is 19.4 Å². The highest BCUT2D eigenvalue weighted by molar-refractivity contribution is 6.08. The highest BCUT2D eigenvalue weighted by Gasteiger charge is 2.52. The van der Waals surface area contributed by atoms with Gasteiger partial charge in [0.05, 0.1) is 6.61 Å². The number of ether oxygens (including phenoxy) is 1. The molecule has 1 spiro atoms. The Kier molecular flexibility index (Phi) is 3.59. The molecule has 2 aliphatic rings. The molecule has 2 N–H and O–H groups in total. The lowest BCUT2D eigenvalue weighted by Gasteiger charge is -2.45. The van der Waals surface area contributed by atoms with Gasteiger partial charge in [0.25, 0.3) is 0 Å². The number of hydrogen-bond acceptors (Lipinski definition) is 4. The Morgan fingerprint density at radius 1 is 1.61 bits per heavy atom. The number of amidine groups is 1. The summed E-state index contributed by atoms with van der Waals surface area (Å²) in [5, 5.41) is 10.8. The van der Waals surface area contributed by atoms with Gasteiger partial charge in [-0.2, -0.15) is 0 Å². The largest absolute Gasteiger partial charge is 0.383 e. The van der Waals surface area contributed by atoms with E-state index in [9.17, 15) is 4.79 Å². The summed E-state index contributed by atoms with van der Waals surface area (Å²) >= 11 is 0. The summed E-state index contributed by atoms with van der Waals surface area (Å²) in [5.41, 5.74) is -0.443. The molecule has 2 heterocycles. The molecule has 2 saturated heterocycles. The van der Waals surface area contributed by atoms with Crippen LogP contribution in [0.2, 0.25) is 0 Å². The van der Waals surface area contributed by atoms with Crippen LogP contribution in [0.5, 0.6) is 0 Å².